The number of phenolic OH excluding ortho intramolecular Hbond substituents is 1. The van der Waals surface area contributed by atoms with Gasteiger partial charge in [-0.05, 0) is 48.9 Å². The van der Waals surface area contributed by atoms with Gasteiger partial charge in [-0.2, -0.15) is 0 Å². The van der Waals surface area contributed by atoms with Crippen molar-refractivity contribution >= 4 is 17.2 Å². The van der Waals surface area contributed by atoms with Gasteiger partial charge in [-0.3, -0.25) is 9.78 Å². The van der Waals surface area contributed by atoms with Gasteiger partial charge >= 0.3 is 0 Å². The van der Waals surface area contributed by atoms with Crippen molar-refractivity contribution in [3.05, 3.63) is 64.8 Å². The van der Waals surface area contributed by atoms with Gasteiger partial charge in [0.2, 0.25) is 5.91 Å². The van der Waals surface area contributed by atoms with Gasteiger partial charge < -0.3 is 14.7 Å². The molecule has 3 heterocycles. The highest BCUT2D eigenvalue weighted by Gasteiger charge is 2.23. The molecule has 2 aromatic heterocycles. The molecule has 1 aliphatic heterocycles. The lowest BCUT2D eigenvalue weighted by molar-refractivity contribution is -0.131. The summed E-state index contributed by atoms with van der Waals surface area (Å²) in [4.78, 5) is 21.0. The topological polar surface area (TPSA) is 62.7 Å². The number of carbonyl (C=O) groups excluding carboxylic acids is 1. The van der Waals surface area contributed by atoms with Crippen LogP contribution in [0.3, 0.4) is 0 Å². The number of aryl methyl sites for hydroxylation is 1. The molecule has 0 aliphatic carbocycles. The number of aromatic hydroxyl groups is 1. The highest BCUT2D eigenvalue weighted by Crippen LogP contribution is 2.39. The smallest absolute Gasteiger partial charge is 0.229 e. The van der Waals surface area contributed by atoms with Crippen LogP contribution >= 0.6 is 11.3 Å². The van der Waals surface area contributed by atoms with Crippen LogP contribution in [0, 0.1) is 6.92 Å². The number of hydrogen-bond donors (Lipinski definition) is 1. The summed E-state index contributed by atoms with van der Waals surface area (Å²) in [6.07, 6.45) is 1.95. The fourth-order valence-corrected chi connectivity index (χ4v) is 4.07. The van der Waals surface area contributed by atoms with Crippen molar-refractivity contribution in [3.8, 4) is 21.9 Å². The van der Waals surface area contributed by atoms with E-state index in [4.69, 9.17) is 4.74 Å². The van der Waals surface area contributed by atoms with E-state index >= 15 is 0 Å². The Morgan fingerprint density at radius 1 is 1.30 bits per heavy atom. The van der Waals surface area contributed by atoms with Crippen molar-refractivity contribution in [2.75, 3.05) is 13.2 Å². The summed E-state index contributed by atoms with van der Waals surface area (Å²) in [5, 5.41) is 10.5. The molecule has 0 fully saturated rings. The van der Waals surface area contributed by atoms with E-state index in [1.165, 1.54) is 4.88 Å². The van der Waals surface area contributed by atoms with Crippen LogP contribution in [0.15, 0.2) is 48.7 Å². The predicted octanol–water partition coefficient (Wildman–Crippen LogP) is 3.79. The molecule has 1 amide bonds. The van der Waals surface area contributed by atoms with Crippen LogP contribution in [0.5, 0.6) is 11.5 Å². The fraction of sp³-hybridized carbons (Fsp3) is 0.238. The molecule has 27 heavy (non-hydrogen) atoms. The predicted molar refractivity (Wildman–Crippen MR) is 105 cm³/mol. The summed E-state index contributed by atoms with van der Waals surface area (Å²) in [5.41, 5.74) is 2.51. The van der Waals surface area contributed by atoms with Crippen LogP contribution in [0.25, 0.3) is 10.4 Å². The molecule has 0 saturated heterocycles. The third kappa shape index (κ3) is 3.80. The molecular formula is C21H20N2O3S. The maximum Gasteiger partial charge on any atom is 0.229 e. The van der Waals surface area contributed by atoms with Crippen LogP contribution in [0.4, 0.5) is 0 Å². The Hall–Kier alpha value is -2.86. The number of phenols is 1. The molecule has 0 saturated carbocycles. The van der Waals surface area contributed by atoms with Crippen molar-refractivity contribution in [3.63, 3.8) is 0 Å². The SMILES string of the molecule is Cc1ccc(-c2cc(O)c3c(c2)CN(C(=O)Cc2ccccn2)CCO3)s1. The maximum atomic E-state index is 12.7. The summed E-state index contributed by atoms with van der Waals surface area (Å²) in [7, 11) is 0. The molecule has 138 valence electrons. The lowest BCUT2D eigenvalue weighted by Gasteiger charge is -2.20. The van der Waals surface area contributed by atoms with E-state index in [1.807, 2.05) is 30.3 Å². The molecule has 6 heteroatoms. The lowest BCUT2D eigenvalue weighted by Crippen LogP contribution is -2.33. The van der Waals surface area contributed by atoms with Gasteiger partial charge in [0.25, 0.3) is 0 Å². The summed E-state index contributed by atoms with van der Waals surface area (Å²) in [5.74, 6) is 0.592. The molecule has 1 aromatic carbocycles. The van der Waals surface area contributed by atoms with Crippen molar-refractivity contribution in [1.29, 1.82) is 0 Å². The number of hydrogen-bond acceptors (Lipinski definition) is 5. The molecule has 5 nitrogen and oxygen atoms in total. The molecule has 3 aromatic rings. The van der Waals surface area contributed by atoms with E-state index in [2.05, 4.69) is 18.0 Å². The minimum atomic E-state index is 0.00186. The van der Waals surface area contributed by atoms with Crippen molar-refractivity contribution < 1.29 is 14.6 Å². The third-order valence-corrected chi connectivity index (χ3v) is 5.60. The van der Waals surface area contributed by atoms with E-state index in [9.17, 15) is 9.90 Å². The second-order valence-corrected chi connectivity index (χ2v) is 7.84. The second kappa shape index (κ2) is 7.40. The fourth-order valence-electron chi connectivity index (χ4n) is 3.21. The average Bonchev–Trinajstić information content (AvgIpc) is 2.97. The van der Waals surface area contributed by atoms with E-state index in [1.54, 1.807) is 28.5 Å². The Morgan fingerprint density at radius 2 is 2.19 bits per heavy atom. The van der Waals surface area contributed by atoms with Gasteiger partial charge in [0.1, 0.15) is 6.61 Å². The minimum absolute atomic E-state index is 0.00186. The van der Waals surface area contributed by atoms with E-state index in [-0.39, 0.29) is 18.1 Å². The van der Waals surface area contributed by atoms with Crippen molar-refractivity contribution in [1.82, 2.24) is 9.88 Å². The average molecular weight is 380 g/mol. The Labute approximate surface area is 161 Å². The summed E-state index contributed by atoms with van der Waals surface area (Å²) in [6.45, 7) is 3.30. The maximum absolute atomic E-state index is 12.7. The normalized spacial score (nSPS) is 13.6. The number of rotatable bonds is 3. The Kier molecular flexibility index (Phi) is 4.81. The van der Waals surface area contributed by atoms with Crippen LogP contribution < -0.4 is 4.74 Å². The van der Waals surface area contributed by atoms with Gasteiger partial charge in [0, 0.05) is 33.8 Å². The summed E-state index contributed by atoms with van der Waals surface area (Å²) >= 11 is 1.67. The Balaban J connectivity index is 1.60. The molecular weight excluding hydrogens is 360 g/mol. The number of ether oxygens (including phenoxy) is 1. The van der Waals surface area contributed by atoms with Crippen LogP contribution in [0.1, 0.15) is 16.1 Å². The largest absolute Gasteiger partial charge is 0.504 e. The van der Waals surface area contributed by atoms with Crippen molar-refractivity contribution in [2.45, 2.75) is 19.9 Å². The van der Waals surface area contributed by atoms with Gasteiger partial charge in [-0.25, -0.2) is 0 Å². The first-order chi connectivity index (χ1) is 13.1. The first-order valence-electron chi connectivity index (χ1n) is 8.83. The number of pyridine rings is 1. The Morgan fingerprint density at radius 3 is 2.93 bits per heavy atom. The molecule has 0 spiro atoms. The van der Waals surface area contributed by atoms with E-state index < -0.39 is 0 Å². The first-order valence-corrected chi connectivity index (χ1v) is 9.65. The van der Waals surface area contributed by atoms with Crippen LogP contribution in [-0.2, 0) is 17.8 Å². The molecule has 1 aliphatic rings. The second-order valence-electron chi connectivity index (χ2n) is 6.56. The summed E-state index contributed by atoms with van der Waals surface area (Å²) < 4.78 is 5.75. The first kappa shape index (κ1) is 17.5. The van der Waals surface area contributed by atoms with Gasteiger partial charge in [0.05, 0.1) is 13.0 Å². The minimum Gasteiger partial charge on any atom is -0.504 e. The molecule has 0 bridgehead atoms. The number of thiophene rings is 1. The zero-order valence-electron chi connectivity index (χ0n) is 15.0. The molecule has 4 rings (SSSR count). The quantitative estimate of drug-likeness (QED) is 0.751. The lowest BCUT2D eigenvalue weighted by atomic mass is 10.1. The summed E-state index contributed by atoms with van der Waals surface area (Å²) in [6, 6.07) is 13.4. The standard InChI is InChI=1S/C21H20N2O3S/c1-14-5-6-19(27-14)15-10-16-13-23(8-9-26-21(16)18(24)11-15)20(25)12-17-4-2-3-7-22-17/h2-7,10-11,24H,8-9,12-13H2,1H3. The van der Waals surface area contributed by atoms with E-state index in [0.717, 1.165) is 21.7 Å². The number of benzene rings is 1. The number of aromatic nitrogens is 1. The highest BCUT2D eigenvalue weighted by atomic mass is 32.1. The molecule has 0 atom stereocenters. The highest BCUT2D eigenvalue weighted by molar-refractivity contribution is 7.15. The van der Waals surface area contributed by atoms with Gasteiger partial charge in [-0.15, -0.1) is 11.3 Å². The zero-order chi connectivity index (χ0) is 18.8. The number of amides is 1. The van der Waals surface area contributed by atoms with Crippen LogP contribution in [-0.4, -0.2) is 34.0 Å². The zero-order valence-corrected chi connectivity index (χ0v) is 15.8. The molecule has 1 N–H and O–H groups in total. The molecule has 0 radical (unpaired) electrons. The number of fused-ring (bicyclic) bond motifs is 1. The van der Waals surface area contributed by atoms with Crippen LogP contribution in [0.2, 0.25) is 0 Å². The number of carbonyl (C=O) groups is 1. The van der Waals surface area contributed by atoms with Crippen molar-refractivity contribution in [2.24, 2.45) is 0 Å². The van der Waals surface area contributed by atoms with E-state index in [0.29, 0.717) is 25.4 Å². The Bertz CT molecular complexity index is 969. The van der Waals surface area contributed by atoms with Gasteiger partial charge in [0.15, 0.2) is 11.5 Å². The number of nitrogens with zero attached hydrogens (tertiary/aromatic N) is 2. The van der Waals surface area contributed by atoms with Gasteiger partial charge in [-0.1, -0.05) is 6.07 Å². The monoisotopic (exact) mass is 380 g/mol. The molecule has 0 unspecified atom stereocenters. The third-order valence-electron chi connectivity index (χ3n) is 4.55.